The minimum atomic E-state index is -0.993. The number of likely N-dealkylation sites (tertiary alicyclic amines) is 1. The number of aliphatic hydroxyl groups excluding tert-OH is 2. The van der Waals surface area contributed by atoms with E-state index in [1.165, 1.54) is 0 Å². The number of nitrogens with zero attached hydrogens (tertiary/aromatic N) is 1. The van der Waals surface area contributed by atoms with Crippen molar-refractivity contribution >= 4 is 11.9 Å². The van der Waals surface area contributed by atoms with Crippen LogP contribution in [0.15, 0.2) is 30.3 Å². The van der Waals surface area contributed by atoms with Gasteiger partial charge in [-0.2, -0.15) is 0 Å². The molecule has 1 aromatic carbocycles. The second-order valence-electron chi connectivity index (χ2n) is 7.79. The highest BCUT2D eigenvalue weighted by molar-refractivity contribution is 5.81. The molecule has 1 aliphatic carbocycles. The van der Waals surface area contributed by atoms with Crippen LogP contribution in [0.25, 0.3) is 0 Å². The number of aliphatic carboxylic acids is 1. The number of benzene rings is 1. The lowest BCUT2D eigenvalue weighted by atomic mass is 9.74. The van der Waals surface area contributed by atoms with E-state index >= 15 is 0 Å². The number of carboxylic acids is 1. The SMILES string of the molecule is C[C@@]12C[C@H](c3ccccc3)N(C(=O)CCC(=O)O)[C@@H]1CCC[C@@H](O)[C@@H]2O. The lowest BCUT2D eigenvalue weighted by Crippen LogP contribution is -2.49. The van der Waals surface area contributed by atoms with Crippen LogP contribution in [-0.4, -0.2) is 50.3 Å². The van der Waals surface area contributed by atoms with Gasteiger partial charge < -0.3 is 20.2 Å². The van der Waals surface area contributed by atoms with E-state index in [2.05, 4.69) is 0 Å². The molecule has 1 aliphatic heterocycles. The fourth-order valence-corrected chi connectivity index (χ4v) is 4.73. The summed E-state index contributed by atoms with van der Waals surface area (Å²) in [6.07, 6.45) is 0.540. The molecule has 1 amide bonds. The van der Waals surface area contributed by atoms with Crippen LogP contribution < -0.4 is 0 Å². The van der Waals surface area contributed by atoms with Gasteiger partial charge in [-0.1, -0.05) is 37.3 Å². The summed E-state index contributed by atoms with van der Waals surface area (Å²) >= 11 is 0. The summed E-state index contributed by atoms with van der Waals surface area (Å²) in [7, 11) is 0. The molecule has 2 fully saturated rings. The van der Waals surface area contributed by atoms with Crippen molar-refractivity contribution in [2.24, 2.45) is 5.41 Å². The number of carboxylic acid groups (broad SMARTS) is 1. The van der Waals surface area contributed by atoms with Gasteiger partial charge in [-0.05, 0) is 31.2 Å². The molecule has 6 nitrogen and oxygen atoms in total. The van der Waals surface area contributed by atoms with E-state index < -0.39 is 23.6 Å². The fraction of sp³-hybridized carbons (Fsp3) is 0.600. The van der Waals surface area contributed by atoms with E-state index in [0.29, 0.717) is 19.3 Å². The number of fused-ring (bicyclic) bond motifs is 1. The van der Waals surface area contributed by atoms with Crippen LogP contribution in [0, 0.1) is 5.41 Å². The Labute approximate surface area is 153 Å². The van der Waals surface area contributed by atoms with Crippen molar-refractivity contribution in [1.29, 1.82) is 0 Å². The third-order valence-corrected chi connectivity index (χ3v) is 6.11. The average Bonchev–Trinajstić information content (AvgIpc) is 2.88. The highest BCUT2D eigenvalue weighted by Crippen LogP contribution is 2.53. The van der Waals surface area contributed by atoms with Crippen molar-refractivity contribution in [3.05, 3.63) is 35.9 Å². The van der Waals surface area contributed by atoms with Gasteiger partial charge in [0.1, 0.15) is 0 Å². The molecule has 0 unspecified atom stereocenters. The lowest BCUT2D eigenvalue weighted by molar-refractivity contribution is -0.143. The van der Waals surface area contributed by atoms with Gasteiger partial charge in [-0.3, -0.25) is 9.59 Å². The van der Waals surface area contributed by atoms with Gasteiger partial charge >= 0.3 is 5.97 Å². The number of hydrogen-bond donors (Lipinski definition) is 3. The van der Waals surface area contributed by atoms with Gasteiger partial charge in [0, 0.05) is 17.9 Å². The first-order chi connectivity index (χ1) is 12.3. The number of carbonyl (C=O) groups is 2. The van der Waals surface area contributed by atoms with E-state index in [0.717, 1.165) is 12.0 Å². The molecule has 1 saturated heterocycles. The Kier molecular flexibility index (Phi) is 5.34. The van der Waals surface area contributed by atoms with Crippen molar-refractivity contribution in [2.75, 3.05) is 0 Å². The third-order valence-electron chi connectivity index (χ3n) is 6.11. The third kappa shape index (κ3) is 3.35. The summed E-state index contributed by atoms with van der Waals surface area (Å²) in [5.41, 5.74) is 0.363. The lowest BCUT2D eigenvalue weighted by Gasteiger charge is -2.38. The molecule has 0 bridgehead atoms. The highest BCUT2D eigenvalue weighted by atomic mass is 16.4. The van der Waals surface area contributed by atoms with Crippen molar-refractivity contribution in [1.82, 2.24) is 4.90 Å². The predicted octanol–water partition coefficient (Wildman–Crippen LogP) is 2.11. The number of amides is 1. The van der Waals surface area contributed by atoms with Crippen LogP contribution in [0.2, 0.25) is 0 Å². The average molecular weight is 361 g/mol. The first-order valence-electron chi connectivity index (χ1n) is 9.28. The van der Waals surface area contributed by atoms with Crippen LogP contribution in [0.4, 0.5) is 0 Å². The predicted molar refractivity (Wildman–Crippen MR) is 95.3 cm³/mol. The number of aliphatic hydroxyl groups is 2. The topological polar surface area (TPSA) is 98.1 Å². The van der Waals surface area contributed by atoms with Gasteiger partial charge in [0.25, 0.3) is 0 Å². The van der Waals surface area contributed by atoms with E-state index in [1.54, 1.807) is 4.90 Å². The van der Waals surface area contributed by atoms with Crippen molar-refractivity contribution in [3.63, 3.8) is 0 Å². The fourth-order valence-electron chi connectivity index (χ4n) is 4.73. The molecule has 6 heteroatoms. The summed E-state index contributed by atoms with van der Waals surface area (Å²) < 4.78 is 0. The summed E-state index contributed by atoms with van der Waals surface area (Å²) in [5.74, 6) is -1.19. The van der Waals surface area contributed by atoms with Crippen molar-refractivity contribution < 1.29 is 24.9 Å². The molecule has 26 heavy (non-hydrogen) atoms. The first-order valence-corrected chi connectivity index (χ1v) is 9.28. The molecule has 0 radical (unpaired) electrons. The Morgan fingerprint density at radius 2 is 1.85 bits per heavy atom. The summed E-state index contributed by atoms with van der Waals surface area (Å²) in [4.78, 5) is 25.7. The quantitative estimate of drug-likeness (QED) is 0.763. The first kappa shape index (κ1) is 18.9. The minimum Gasteiger partial charge on any atom is -0.481 e. The van der Waals surface area contributed by atoms with Crippen molar-refractivity contribution in [3.8, 4) is 0 Å². The van der Waals surface area contributed by atoms with E-state index in [4.69, 9.17) is 5.11 Å². The highest BCUT2D eigenvalue weighted by Gasteiger charge is 2.56. The van der Waals surface area contributed by atoms with Crippen molar-refractivity contribution in [2.45, 2.75) is 69.7 Å². The monoisotopic (exact) mass is 361 g/mol. The molecular formula is C20H27NO5. The molecule has 0 aromatic heterocycles. The zero-order valence-corrected chi connectivity index (χ0v) is 15.0. The number of rotatable bonds is 4. The molecule has 1 saturated carbocycles. The Balaban J connectivity index is 1.97. The minimum absolute atomic E-state index is 0.0517. The Hall–Kier alpha value is -1.92. The molecule has 5 atom stereocenters. The van der Waals surface area contributed by atoms with Gasteiger partial charge in [0.05, 0.1) is 24.7 Å². The molecular weight excluding hydrogens is 334 g/mol. The Bertz CT molecular complexity index is 663. The normalized spacial score (nSPS) is 34.2. The maximum absolute atomic E-state index is 12.9. The molecule has 1 heterocycles. The van der Waals surface area contributed by atoms with Crippen LogP contribution >= 0.6 is 0 Å². The summed E-state index contributed by atoms with van der Waals surface area (Å²) in [6.45, 7) is 1.94. The Morgan fingerprint density at radius 1 is 1.15 bits per heavy atom. The molecule has 3 N–H and O–H groups in total. The standard InChI is InChI=1S/C20H27NO5/c1-20-12-14(13-6-3-2-4-7-13)21(17(23)10-11-18(24)25)16(20)9-5-8-15(22)19(20)26/h2-4,6-7,14-16,19,22,26H,5,8-12H2,1H3,(H,24,25)/t14-,15-,16-,19+,20-/m1/s1. The number of carbonyl (C=O) groups excluding carboxylic acids is 1. The van der Waals surface area contributed by atoms with E-state index in [1.807, 2.05) is 37.3 Å². The summed E-state index contributed by atoms with van der Waals surface area (Å²) in [6, 6.07) is 9.23. The van der Waals surface area contributed by atoms with Gasteiger partial charge in [-0.15, -0.1) is 0 Å². The van der Waals surface area contributed by atoms with Crippen LogP contribution in [-0.2, 0) is 9.59 Å². The van der Waals surface area contributed by atoms with Gasteiger partial charge in [0.2, 0.25) is 5.91 Å². The maximum atomic E-state index is 12.9. The summed E-state index contributed by atoms with van der Waals surface area (Å²) in [5, 5.41) is 30.0. The van der Waals surface area contributed by atoms with Crippen LogP contribution in [0.5, 0.6) is 0 Å². The smallest absolute Gasteiger partial charge is 0.303 e. The maximum Gasteiger partial charge on any atom is 0.303 e. The Morgan fingerprint density at radius 3 is 2.50 bits per heavy atom. The molecule has 1 aromatic rings. The number of hydrogen-bond acceptors (Lipinski definition) is 4. The second-order valence-corrected chi connectivity index (χ2v) is 7.79. The van der Waals surface area contributed by atoms with E-state index in [9.17, 15) is 19.8 Å². The second kappa shape index (κ2) is 7.37. The molecule has 2 aliphatic rings. The van der Waals surface area contributed by atoms with E-state index in [-0.39, 0.29) is 30.8 Å². The zero-order chi connectivity index (χ0) is 18.9. The van der Waals surface area contributed by atoms with Gasteiger partial charge in [-0.25, -0.2) is 0 Å². The molecule has 142 valence electrons. The van der Waals surface area contributed by atoms with Crippen LogP contribution in [0.3, 0.4) is 0 Å². The van der Waals surface area contributed by atoms with Gasteiger partial charge in [0.15, 0.2) is 0 Å². The zero-order valence-electron chi connectivity index (χ0n) is 15.0. The largest absolute Gasteiger partial charge is 0.481 e. The molecule has 3 rings (SSSR count). The van der Waals surface area contributed by atoms with Crippen LogP contribution in [0.1, 0.15) is 57.1 Å². The molecule has 0 spiro atoms.